The number of nitrogens with zero attached hydrogens (tertiary/aromatic N) is 2. The van der Waals surface area contributed by atoms with Gasteiger partial charge < -0.3 is 16.4 Å². The Hall–Kier alpha value is -2.96. The van der Waals surface area contributed by atoms with E-state index in [0.717, 1.165) is 6.42 Å². The fourth-order valence-corrected chi connectivity index (χ4v) is 2.14. The molecule has 7 nitrogen and oxygen atoms in total. The molecule has 0 radical (unpaired) electrons. The second kappa shape index (κ2) is 8.05. The summed E-state index contributed by atoms with van der Waals surface area (Å²) in [6.45, 7) is 3.91. The van der Waals surface area contributed by atoms with Gasteiger partial charge in [0.15, 0.2) is 5.69 Å². The van der Waals surface area contributed by atoms with Gasteiger partial charge in [-0.3, -0.25) is 9.59 Å². The lowest BCUT2D eigenvalue weighted by atomic mass is 9.99. The van der Waals surface area contributed by atoms with Crippen LogP contribution in [0, 0.1) is 5.92 Å². The van der Waals surface area contributed by atoms with Crippen LogP contribution in [0.25, 0.3) is 0 Å². The van der Waals surface area contributed by atoms with Crippen LogP contribution in [0.3, 0.4) is 0 Å². The van der Waals surface area contributed by atoms with Gasteiger partial charge in [0.25, 0.3) is 5.91 Å². The number of primary amides is 1. The van der Waals surface area contributed by atoms with Gasteiger partial charge in [-0.05, 0) is 30.2 Å². The fraction of sp³-hybridized carbons (Fsp3) is 0.294. The van der Waals surface area contributed by atoms with Crippen molar-refractivity contribution in [3.05, 3.63) is 48.2 Å². The van der Waals surface area contributed by atoms with Gasteiger partial charge in [-0.15, -0.1) is 10.2 Å². The molecule has 7 heteroatoms. The Kier molecular flexibility index (Phi) is 5.83. The highest BCUT2D eigenvalue weighted by Crippen LogP contribution is 2.13. The second-order valence-corrected chi connectivity index (χ2v) is 5.53. The molecule has 0 aliphatic carbocycles. The Balaban J connectivity index is 2.04. The van der Waals surface area contributed by atoms with Crippen molar-refractivity contribution in [2.45, 2.75) is 26.3 Å². The van der Waals surface area contributed by atoms with Crippen molar-refractivity contribution in [3.8, 4) is 0 Å². The summed E-state index contributed by atoms with van der Waals surface area (Å²) in [6, 6.07) is 11.7. The van der Waals surface area contributed by atoms with E-state index in [1.807, 2.05) is 32.0 Å². The summed E-state index contributed by atoms with van der Waals surface area (Å²) in [5.41, 5.74) is 6.27. The second-order valence-electron chi connectivity index (χ2n) is 5.53. The first-order chi connectivity index (χ1) is 11.5. The molecule has 1 heterocycles. The minimum Gasteiger partial charge on any atom is -0.368 e. The van der Waals surface area contributed by atoms with Crippen LogP contribution in [0.4, 0.5) is 11.5 Å². The van der Waals surface area contributed by atoms with Crippen LogP contribution >= 0.6 is 0 Å². The lowest BCUT2D eigenvalue weighted by molar-refractivity contribution is -0.119. The van der Waals surface area contributed by atoms with E-state index < -0.39 is 11.9 Å². The van der Waals surface area contributed by atoms with Gasteiger partial charge in [-0.1, -0.05) is 38.5 Å². The fourth-order valence-electron chi connectivity index (χ4n) is 2.14. The topological polar surface area (TPSA) is 110 Å². The predicted octanol–water partition coefficient (Wildman–Crippen LogP) is 2.04. The minimum absolute atomic E-state index is 0.0605. The number of nitrogens with two attached hydrogens (primary N) is 1. The summed E-state index contributed by atoms with van der Waals surface area (Å²) in [5.74, 6) is -0.341. The van der Waals surface area contributed by atoms with Gasteiger partial charge in [0.1, 0.15) is 11.9 Å². The predicted molar refractivity (Wildman–Crippen MR) is 92.5 cm³/mol. The molecular weight excluding hydrogens is 306 g/mol. The number of amides is 2. The Morgan fingerprint density at radius 1 is 1.12 bits per heavy atom. The van der Waals surface area contributed by atoms with E-state index in [9.17, 15) is 9.59 Å². The molecule has 2 rings (SSSR count). The summed E-state index contributed by atoms with van der Waals surface area (Å²) >= 11 is 0. The largest absolute Gasteiger partial charge is 0.368 e. The first-order valence-electron chi connectivity index (χ1n) is 7.77. The van der Waals surface area contributed by atoms with Crippen LogP contribution in [0.5, 0.6) is 0 Å². The molecule has 0 fully saturated rings. The SMILES string of the molecule is CCC(C)C(Nc1ccc(C(=O)Nc2ccccc2)nn1)C(N)=O. The highest BCUT2D eigenvalue weighted by atomic mass is 16.2. The summed E-state index contributed by atoms with van der Waals surface area (Å²) in [4.78, 5) is 23.6. The third kappa shape index (κ3) is 4.52. The third-order valence-corrected chi connectivity index (χ3v) is 3.75. The average molecular weight is 327 g/mol. The van der Waals surface area contributed by atoms with E-state index in [1.165, 1.54) is 0 Å². The standard InChI is InChI=1S/C17H21N5O2/c1-3-11(2)15(16(18)23)20-14-10-9-13(21-22-14)17(24)19-12-7-5-4-6-8-12/h4-11,15H,3H2,1-2H3,(H2,18,23)(H,19,24)(H,20,22). The van der Waals surface area contributed by atoms with Crippen molar-refractivity contribution in [2.24, 2.45) is 11.7 Å². The van der Waals surface area contributed by atoms with Gasteiger partial charge in [-0.25, -0.2) is 0 Å². The average Bonchev–Trinajstić information content (AvgIpc) is 2.60. The van der Waals surface area contributed by atoms with E-state index in [0.29, 0.717) is 11.5 Å². The molecule has 0 saturated heterocycles. The quantitative estimate of drug-likeness (QED) is 0.721. The van der Waals surface area contributed by atoms with Crippen molar-refractivity contribution < 1.29 is 9.59 Å². The molecule has 0 bridgehead atoms. The smallest absolute Gasteiger partial charge is 0.276 e. The van der Waals surface area contributed by atoms with Crippen LogP contribution in [-0.4, -0.2) is 28.1 Å². The molecule has 4 N–H and O–H groups in total. The molecule has 1 aromatic heterocycles. The normalized spacial score (nSPS) is 12.9. The van der Waals surface area contributed by atoms with Gasteiger partial charge in [-0.2, -0.15) is 0 Å². The summed E-state index contributed by atoms with van der Waals surface area (Å²) < 4.78 is 0. The van der Waals surface area contributed by atoms with Crippen LogP contribution < -0.4 is 16.4 Å². The Labute approximate surface area is 140 Å². The minimum atomic E-state index is -0.534. The Bertz CT molecular complexity index is 688. The zero-order valence-corrected chi connectivity index (χ0v) is 13.7. The van der Waals surface area contributed by atoms with Gasteiger partial charge in [0.2, 0.25) is 5.91 Å². The highest BCUT2D eigenvalue weighted by molar-refractivity contribution is 6.02. The summed E-state index contributed by atoms with van der Waals surface area (Å²) in [6.07, 6.45) is 0.797. The van der Waals surface area contributed by atoms with Crippen LogP contribution in [0.15, 0.2) is 42.5 Å². The van der Waals surface area contributed by atoms with Gasteiger partial charge >= 0.3 is 0 Å². The Morgan fingerprint density at radius 3 is 2.38 bits per heavy atom. The van der Waals surface area contributed by atoms with E-state index in [-0.39, 0.29) is 17.5 Å². The number of carbonyl (C=O) groups is 2. The van der Waals surface area contributed by atoms with Crippen LogP contribution in [-0.2, 0) is 4.79 Å². The number of anilines is 2. The lowest BCUT2D eigenvalue weighted by Gasteiger charge is -2.21. The maximum Gasteiger partial charge on any atom is 0.276 e. The monoisotopic (exact) mass is 327 g/mol. The molecule has 2 unspecified atom stereocenters. The molecule has 2 atom stereocenters. The molecule has 0 aliphatic rings. The number of aromatic nitrogens is 2. The van der Waals surface area contributed by atoms with E-state index >= 15 is 0 Å². The first-order valence-corrected chi connectivity index (χ1v) is 7.77. The number of nitrogens with one attached hydrogen (secondary N) is 2. The maximum atomic E-state index is 12.1. The number of hydrogen-bond acceptors (Lipinski definition) is 5. The number of hydrogen-bond donors (Lipinski definition) is 3. The van der Waals surface area contributed by atoms with Crippen molar-refractivity contribution >= 4 is 23.3 Å². The van der Waals surface area contributed by atoms with Crippen molar-refractivity contribution in [3.63, 3.8) is 0 Å². The highest BCUT2D eigenvalue weighted by Gasteiger charge is 2.22. The summed E-state index contributed by atoms with van der Waals surface area (Å²) in [5, 5.41) is 13.5. The third-order valence-electron chi connectivity index (χ3n) is 3.75. The first kappa shape index (κ1) is 17.4. The molecule has 2 aromatic rings. The van der Waals surface area contributed by atoms with Crippen molar-refractivity contribution in [1.29, 1.82) is 0 Å². The molecule has 0 saturated carbocycles. The number of rotatable bonds is 7. The van der Waals surface area contributed by atoms with Crippen LogP contribution in [0.2, 0.25) is 0 Å². The van der Waals surface area contributed by atoms with Gasteiger partial charge in [0, 0.05) is 5.69 Å². The molecule has 24 heavy (non-hydrogen) atoms. The lowest BCUT2D eigenvalue weighted by Crippen LogP contribution is -2.40. The number of carbonyl (C=O) groups excluding carboxylic acids is 2. The number of benzene rings is 1. The molecule has 1 aromatic carbocycles. The molecule has 0 aliphatic heterocycles. The van der Waals surface area contributed by atoms with Gasteiger partial charge in [0.05, 0.1) is 0 Å². The van der Waals surface area contributed by atoms with E-state index in [2.05, 4.69) is 20.8 Å². The van der Waals surface area contributed by atoms with E-state index in [1.54, 1.807) is 24.3 Å². The Morgan fingerprint density at radius 2 is 1.83 bits per heavy atom. The molecule has 2 amide bonds. The summed E-state index contributed by atoms with van der Waals surface area (Å²) in [7, 11) is 0. The molecule has 126 valence electrons. The van der Waals surface area contributed by atoms with Crippen molar-refractivity contribution in [2.75, 3.05) is 10.6 Å². The zero-order chi connectivity index (χ0) is 17.5. The molecular formula is C17H21N5O2. The van der Waals surface area contributed by atoms with E-state index in [4.69, 9.17) is 5.73 Å². The van der Waals surface area contributed by atoms with Crippen molar-refractivity contribution in [1.82, 2.24) is 10.2 Å². The number of para-hydroxylation sites is 1. The van der Waals surface area contributed by atoms with Crippen LogP contribution in [0.1, 0.15) is 30.8 Å². The zero-order valence-electron chi connectivity index (χ0n) is 13.7. The maximum absolute atomic E-state index is 12.1. The molecule has 0 spiro atoms.